The van der Waals surface area contributed by atoms with Crippen LogP contribution in [0.3, 0.4) is 0 Å². The van der Waals surface area contributed by atoms with Crippen LogP contribution in [0.2, 0.25) is 0 Å². The van der Waals surface area contributed by atoms with Gasteiger partial charge in [0.25, 0.3) is 0 Å². The van der Waals surface area contributed by atoms with Crippen LogP contribution >= 0.6 is 0 Å². The van der Waals surface area contributed by atoms with E-state index in [1.807, 2.05) is 0 Å². The number of carbonyl (C=O) groups is 2. The van der Waals surface area contributed by atoms with Gasteiger partial charge in [0.15, 0.2) is 0 Å². The first kappa shape index (κ1) is 17.7. The van der Waals surface area contributed by atoms with Gasteiger partial charge in [-0.05, 0) is 19.3 Å². The fourth-order valence-electron chi connectivity index (χ4n) is 2.75. The van der Waals surface area contributed by atoms with Crippen molar-refractivity contribution < 1.29 is 19.8 Å². The highest BCUT2D eigenvalue weighted by molar-refractivity contribution is 5.86. The zero-order chi connectivity index (χ0) is 15.7. The molecular formula is C15H26N2O4. The molecule has 0 aromatic carbocycles. The molecule has 1 aliphatic rings. The van der Waals surface area contributed by atoms with Crippen molar-refractivity contribution in [3.05, 3.63) is 12.7 Å². The number of hydrogen-bond acceptors (Lipinski definition) is 4. The van der Waals surface area contributed by atoms with Gasteiger partial charge in [-0.2, -0.15) is 0 Å². The van der Waals surface area contributed by atoms with Crippen molar-refractivity contribution in [1.29, 1.82) is 0 Å². The smallest absolute Gasteiger partial charge is 0.224 e. The maximum Gasteiger partial charge on any atom is 0.224 e. The first-order valence-corrected chi connectivity index (χ1v) is 7.48. The number of rotatable bonds is 9. The molecule has 0 bridgehead atoms. The third kappa shape index (κ3) is 5.47. The van der Waals surface area contributed by atoms with Crippen LogP contribution in [0, 0.1) is 5.92 Å². The molecule has 0 heterocycles. The Morgan fingerprint density at radius 3 is 2.48 bits per heavy atom. The molecule has 6 nitrogen and oxygen atoms in total. The van der Waals surface area contributed by atoms with Gasteiger partial charge in [0, 0.05) is 13.0 Å². The molecule has 6 heteroatoms. The van der Waals surface area contributed by atoms with Gasteiger partial charge < -0.3 is 20.8 Å². The molecule has 0 aliphatic heterocycles. The summed E-state index contributed by atoms with van der Waals surface area (Å²) in [4.78, 5) is 24.1. The Morgan fingerprint density at radius 1 is 1.29 bits per heavy atom. The number of carbonyl (C=O) groups excluding carboxylic acids is 2. The van der Waals surface area contributed by atoms with Gasteiger partial charge in [-0.1, -0.05) is 18.9 Å². The second-order valence-electron chi connectivity index (χ2n) is 5.63. The summed E-state index contributed by atoms with van der Waals surface area (Å²) in [6.45, 7) is 3.58. The number of allylic oxidation sites excluding steroid dienone is 1. The van der Waals surface area contributed by atoms with Crippen LogP contribution < -0.4 is 10.6 Å². The van der Waals surface area contributed by atoms with E-state index in [0.29, 0.717) is 6.42 Å². The van der Waals surface area contributed by atoms with Gasteiger partial charge in [0.2, 0.25) is 11.8 Å². The Hall–Kier alpha value is -1.40. The maximum absolute atomic E-state index is 12.1. The van der Waals surface area contributed by atoms with Crippen LogP contribution in [0.15, 0.2) is 12.7 Å². The predicted molar refractivity (Wildman–Crippen MR) is 79.4 cm³/mol. The lowest BCUT2D eigenvalue weighted by molar-refractivity contribution is -0.131. The minimum atomic E-state index is -0.516. The molecule has 1 rings (SSSR count). The molecule has 0 radical (unpaired) electrons. The van der Waals surface area contributed by atoms with Crippen LogP contribution in [0.25, 0.3) is 0 Å². The molecule has 0 spiro atoms. The van der Waals surface area contributed by atoms with Crippen LogP contribution in [0.4, 0.5) is 0 Å². The summed E-state index contributed by atoms with van der Waals surface area (Å²) in [5.41, 5.74) is -0.516. The lowest BCUT2D eigenvalue weighted by atomic mass is 9.96. The first-order valence-electron chi connectivity index (χ1n) is 7.48. The molecule has 1 saturated carbocycles. The average Bonchev–Trinajstić information content (AvgIpc) is 2.93. The fraction of sp³-hybridized carbons (Fsp3) is 0.733. The molecule has 1 fully saturated rings. The average molecular weight is 298 g/mol. The second-order valence-corrected chi connectivity index (χ2v) is 5.63. The van der Waals surface area contributed by atoms with E-state index >= 15 is 0 Å². The largest absolute Gasteiger partial charge is 0.395 e. The van der Waals surface area contributed by atoms with Crippen molar-refractivity contribution in [1.82, 2.24) is 10.6 Å². The number of hydrogen-bond donors (Lipinski definition) is 4. The van der Waals surface area contributed by atoms with Crippen molar-refractivity contribution in [2.45, 2.75) is 44.1 Å². The van der Waals surface area contributed by atoms with E-state index in [2.05, 4.69) is 17.2 Å². The highest BCUT2D eigenvalue weighted by Crippen LogP contribution is 2.29. The zero-order valence-electron chi connectivity index (χ0n) is 12.4. The van der Waals surface area contributed by atoms with Crippen LogP contribution in [0.5, 0.6) is 0 Å². The predicted octanol–water partition coefficient (Wildman–Crippen LogP) is 0.0986. The van der Waals surface area contributed by atoms with Crippen molar-refractivity contribution >= 4 is 11.8 Å². The summed E-state index contributed by atoms with van der Waals surface area (Å²) in [6.07, 6.45) is 5.60. The number of nitrogens with one attached hydrogen (secondary N) is 2. The Bertz CT molecular complexity index is 365. The summed E-state index contributed by atoms with van der Waals surface area (Å²) < 4.78 is 0. The van der Waals surface area contributed by atoms with E-state index < -0.39 is 11.5 Å². The Morgan fingerprint density at radius 2 is 1.95 bits per heavy atom. The van der Waals surface area contributed by atoms with E-state index in [1.165, 1.54) is 0 Å². The maximum atomic E-state index is 12.1. The third-order valence-corrected chi connectivity index (χ3v) is 3.93. The molecule has 2 amide bonds. The number of aliphatic hydroxyl groups excluding tert-OH is 2. The molecule has 21 heavy (non-hydrogen) atoms. The minimum Gasteiger partial charge on any atom is -0.395 e. The molecule has 0 saturated heterocycles. The van der Waals surface area contributed by atoms with E-state index in [1.54, 1.807) is 6.08 Å². The van der Waals surface area contributed by atoms with Gasteiger partial charge in [-0.15, -0.1) is 6.58 Å². The molecular weight excluding hydrogens is 272 g/mol. The van der Waals surface area contributed by atoms with E-state index in [4.69, 9.17) is 5.11 Å². The van der Waals surface area contributed by atoms with E-state index in [0.717, 1.165) is 25.7 Å². The minimum absolute atomic E-state index is 0.0605. The van der Waals surface area contributed by atoms with Gasteiger partial charge in [-0.3, -0.25) is 9.59 Å². The molecule has 0 aromatic rings. The Kier molecular flexibility index (Phi) is 7.39. The number of aliphatic hydroxyl groups is 2. The van der Waals surface area contributed by atoms with Crippen molar-refractivity contribution in [2.24, 2.45) is 5.92 Å². The quantitative estimate of drug-likeness (QED) is 0.454. The summed E-state index contributed by atoms with van der Waals surface area (Å²) in [6, 6.07) is 0. The molecule has 0 aromatic heterocycles. The summed E-state index contributed by atoms with van der Waals surface area (Å²) in [5, 5.41) is 23.7. The summed E-state index contributed by atoms with van der Waals surface area (Å²) in [5.74, 6) is -0.980. The van der Waals surface area contributed by atoms with Crippen LogP contribution in [-0.4, -0.2) is 47.3 Å². The van der Waals surface area contributed by atoms with Gasteiger partial charge in [0.1, 0.15) is 0 Å². The summed E-state index contributed by atoms with van der Waals surface area (Å²) >= 11 is 0. The van der Waals surface area contributed by atoms with Gasteiger partial charge >= 0.3 is 0 Å². The second kappa shape index (κ2) is 8.79. The standard InChI is InChI=1S/C15H26N2O4/c1-2-5-12(14(21)16-8-9-18)10-13(20)17-15(11-19)6-3-4-7-15/h2,12,18-19H,1,3-11H2,(H,16,21)(H,17,20)/t12-/m0/s1. The first-order chi connectivity index (χ1) is 10.1. The Balaban J connectivity index is 2.55. The van der Waals surface area contributed by atoms with E-state index in [9.17, 15) is 14.7 Å². The van der Waals surface area contributed by atoms with Crippen LogP contribution in [-0.2, 0) is 9.59 Å². The van der Waals surface area contributed by atoms with Crippen molar-refractivity contribution in [3.63, 3.8) is 0 Å². The van der Waals surface area contributed by atoms with Crippen LogP contribution in [0.1, 0.15) is 38.5 Å². The molecule has 1 atom stereocenters. The molecule has 4 N–H and O–H groups in total. The normalized spacial score (nSPS) is 18.0. The van der Waals surface area contributed by atoms with E-state index in [-0.39, 0.29) is 38.0 Å². The molecule has 1 aliphatic carbocycles. The van der Waals surface area contributed by atoms with Gasteiger partial charge in [0.05, 0.1) is 24.7 Å². The van der Waals surface area contributed by atoms with Crippen molar-refractivity contribution in [2.75, 3.05) is 19.8 Å². The van der Waals surface area contributed by atoms with Crippen molar-refractivity contribution in [3.8, 4) is 0 Å². The highest BCUT2D eigenvalue weighted by Gasteiger charge is 2.35. The number of amides is 2. The monoisotopic (exact) mass is 298 g/mol. The molecule has 0 unspecified atom stereocenters. The highest BCUT2D eigenvalue weighted by atomic mass is 16.3. The summed E-state index contributed by atoms with van der Waals surface area (Å²) in [7, 11) is 0. The lowest BCUT2D eigenvalue weighted by Crippen LogP contribution is -2.50. The SMILES string of the molecule is C=CC[C@@H](CC(=O)NC1(CO)CCCC1)C(=O)NCCO. The topological polar surface area (TPSA) is 98.7 Å². The van der Waals surface area contributed by atoms with Gasteiger partial charge in [-0.25, -0.2) is 0 Å². The zero-order valence-corrected chi connectivity index (χ0v) is 12.4. The molecule has 120 valence electrons. The third-order valence-electron chi connectivity index (χ3n) is 3.93. The lowest BCUT2D eigenvalue weighted by Gasteiger charge is -2.28. The fourth-order valence-corrected chi connectivity index (χ4v) is 2.75. The Labute approximate surface area is 125 Å².